The molecule has 0 aliphatic rings. The maximum atomic E-state index is 13.1. The average Bonchev–Trinajstić information content (AvgIpc) is 2.64. The molecule has 0 bridgehead atoms. The maximum Gasteiger partial charge on any atom is 0.323 e. The predicted molar refractivity (Wildman–Crippen MR) is 61.1 cm³/mol. The van der Waals surface area contributed by atoms with Crippen molar-refractivity contribution in [1.82, 2.24) is 4.57 Å². The van der Waals surface area contributed by atoms with Crippen LogP contribution in [0.5, 0.6) is 0 Å². The lowest BCUT2D eigenvalue weighted by atomic mass is 10.2. The fourth-order valence-corrected chi connectivity index (χ4v) is 1.58. The molecule has 0 spiro atoms. The molecule has 0 saturated carbocycles. The molecule has 1 aromatic heterocycles. The zero-order valence-electron chi connectivity index (χ0n) is 8.63. The first-order chi connectivity index (χ1) is 8.13. The highest BCUT2D eigenvalue weighted by Crippen LogP contribution is 2.28. The summed E-state index contributed by atoms with van der Waals surface area (Å²) in [5, 5.41) is 0.545. The van der Waals surface area contributed by atoms with Gasteiger partial charge in [0.15, 0.2) is 6.29 Å². The highest BCUT2D eigenvalue weighted by atomic mass is 19.1. The third-order valence-corrected chi connectivity index (χ3v) is 2.26. The number of halogens is 1. The Hall–Kier alpha value is -2.50. The van der Waals surface area contributed by atoms with Crippen LogP contribution in [0.4, 0.5) is 14.9 Å². The van der Waals surface area contributed by atoms with E-state index in [1.807, 2.05) is 0 Å². The second kappa shape index (κ2) is 4.17. The number of hydrogen-bond donors (Lipinski definition) is 1. The van der Waals surface area contributed by atoms with Crippen LogP contribution in [0.2, 0.25) is 0 Å². The molecule has 86 valence electrons. The van der Waals surface area contributed by atoms with E-state index >= 15 is 0 Å². The smallest absolute Gasteiger partial charge is 0.323 e. The number of rotatable bonds is 2. The van der Waals surface area contributed by atoms with Gasteiger partial charge in [0, 0.05) is 11.6 Å². The topological polar surface area (TPSA) is 77.5 Å². The summed E-state index contributed by atoms with van der Waals surface area (Å²) < 4.78 is 14.2. The zero-order chi connectivity index (χ0) is 12.4. The number of hydrogen-bond acceptors (Lipinski definition) is 3. The van der Waals surface area contributed by atoms with Gasteiger partial charge in [0.2, 0.25) is 0 Å². The Morgan fingerprint density at radius 3 is 2.88 bits per heavy atom. The minimum atomic E-state index is -0.742. The van der Waals surface area contributed by atoms with Crippen LogP contribution in [-0.4, -0.2) is 23.1 Å². The van der Waals surface area contributed by atoms with Crippen LogP contribution in [-0.2, 0) is 4.79 Å². The number of carbonyl (C=O) groups is 2. The van der Waals surface area contributed by atoms with E-state index in [0.717, 1.165) is 10.8 Å². The lowest BCUT2D eigenvalue weighted by molar-refractivity contribution is -0.102. The van der Waals surface area contributed by atoms with Crippen molar-refractivity contribution in [3.05, 3.63) is 30.2 Å². The van der Waals surface area contributed by atoms with Crippen LogP contribution >= 0.6 is 0 Å². The molecular formula is C11H8FN3O2. The SMILES string of the molecule is NC(=O)n1cc(N=CC=O)c2ccc(F)cc21. The minimum absolute atomic E-state index is 0.315. The van der Waals surface area contributed by atoms with Gasteiger partial charge < -0.3 is 5.73 Å². The number of carbonyl (C=O) groups excluding carboxylic acids is 2. The Labute approximate surface area is 95.4 Å². The first kappa shape index (κ1) is 11.0. The molecule has 0 saturated heterocycles. The quantitative estimate of drug-likeness (QED) is 0.631. The number of nitrogens with two attached hydrogens (primary N) is 1. The Balaban J connectivity index is 2.74. The number of benzene rings is 1. The first-order valence-electron chi connectivity index (χ1n) is 4.71. The van der Waals surface area contributed by atoms with Crippen molar-refractivity contribution in [2.24, 2.45) is 10.7 Å². The highest BCUT2D eigenvalue weighted by molar-refractivity contribution is 6.14. The molecule has 1 amide bonds. The summed E-state index contributed by atoms with van der Waals surface area (Å²) in [6.45, 7) is 0. The van der Waals surface area contributed by atoms with Gasteiger partial charge in [-0.15, -0.1) is 0 Å². The van der Waals surface area contributed by atoms with Gasteiger partial charge in [-0.2, -0.15) is 0 Å². The number of fused-ring (bicyclic) bond motifs is 1. The van der Waals surface area contributed by atoms with E-state index in [-0.39, 0.29) is 0 Å². The van der Waals surface area contributed by atoms with E-state index < -0.39 is 11.8 Å². The van der Waals surface area contributed by atoms with E-state index in [1.165, 1.54) is 24.4 Å². The lowest BCUT2D eigenvalue weighted by Gasteiger charge is -1.97. The second-order valence-corrected chi connectivity index (χ2v) is 3.30. The van der Waals surface area contributed by atoms with Gasteiger partial charge in [-0.3, -0.25) is 14.4 Å². The number of aldehydes is 1. The first-order valence-corrected chi connectivity index (χ1v) is 4.71. The molecule has 0 fully saturated rings. The van der Waals surface area contributed by atoms with E-state index in [9.17, 15) is 14.0 Å². The molecule has 6 heteroatoms. The van der Waals surface area contributed by atoms with Crippen molar-refractivity contribution in [1.29, 1.82) is 0 Å². The van der Waals surface area contributed by atoms with Gasteiger partial charge >= 0.3 is 6.03 Å². The monoisotopic (exact) mass is 233 g/mol. The molecule has 0 unspecified atom stereocenters. The number of aliphatic imine (C=N–C) groups is 1. The molecule has 1 heterocycles. The van der Waals surface area contributed by atoms with Crippen LogP contribution in [0.15, 0.2) is 29.4 Å². The van der Waals surface area contributed by atoms with Gasteiger partial charge in [0.05, 0.1) is 17.4 Å². The number of aromatic nitrogens is 1. The van der Waals surface area contributed by atoms with Crippen molar-refractivity contribution in [3.63, 3.8) is 0 Å². The van der Waals surface area contributed by atoms with Gasteiger partial charge in [-0.25, -0.2) is 9.18 Å². The Kier molecular flexibility index (Phi) is 2.70. The Bertz CT molecular complexity index is 631. The highest BCUT2D eigenvalue weighted by Gasteiger charge is 2.11. The van der Waals surface area contributed by atoms with Gasteiger partial charge in [0.1, 0.15) is 5.82 Å². The lowest BCUT2D eigenvalue weighted by Crippen LogP contribution is -2.18. The zero-order valence-corrected chi connectivity index (χ0v) is 8.63. The van der Waals surface area contributed by atoms with Crippen LogP contribution in [0.1, 0.15) is 0 Å². The van der Waals surface area contributed by atoms with Crippen molar-refractivity contribution in [2.45, 2.75) is 0 Å². The summed E-state index contributed by atoms with van der Waals surface area (Å²) >= 11 is 0. The van der Waals surface area contributed by atoms with E-state index in [2.05, 4.69) is 4.99 Å². The van der Waals surface area contributed by atoms with Gasteiger partial charge in [0.25, 0.3) is 0 Å². The second-order valence-electron chi connectivity index (χ2n) is 3.30. The molecule has 2 rings (SSSR count). The maximum absolute atomic E-state index is 13.1. The normalized spacial score (nSPS) is 11.1. The molecule has 2 N–H and O–H groups in total. The van der Waals surface area contributed by atoms with Crippen LogP contribution in [0, 0.1) is 5.82 Å². The summed E-state index contributed by atoms with van der Waals surface area (Å²) in [5.74, 6) is -0.482. The van der Waals surface area contributed by atoms with Crippen molar-refractivity contribution < 1.29 is 14.0 Å². The molecule has 0 aliphatic heterocycles. The summed E-state index contributed by atoms with van der Waals surface area (Å²) in [7, 11) is 0. The van der Waals surface area contributed by atoms with Crippen LogP contribution < -0.4 is 5.73 Å². The fraction of sp³-hybridized carbons (Fsp3) is 0. The standard InChI is InChI=1S/C11H8FN3O2/c12-7-1-2-8-9(14-3-4-16)6-15(11(13)17)10(8)5-7/h1-6H,(H2,13,17). The van der Waals surface area contributed by atoms with Crippen molar-refractivity contribution in [3.8, 4) is 0 Å². The van der Waals surface area contributed by atoms with E-state index in [4.69, 9.17) is 5.73 Å². The molecule has 0 aliphatic carbocycles. The van der Waals surface area contributed by atoms with E-state index in [0.29, 0.717) is 22.9 Å². The van der Waals surface area contributed by atoms with Crippen molar-refractivity contribution in [2.75, 3.05) is 0 Å². The molecule has 5 nitrogen and oxygen atoms in total. The largest absolute Gasteiger partial charge is 0.351 e. The Morgan fingerprint density at radius 2 is 2.24 bits per heavy atom. The molecule has 1 aromatic carbocycles. The molecule has 17 heavy (non-hydrogen) atoms. The fourth-order valence-electron chi connectivity index (χ4n) is 1.58. The molecule has 0 atom stereocenters. The van der Waals surface area contributed by atoms with Crippen molar-refractivity contribution >= 4 is 35.1 Å². The third-order valence-electron chi connectivity index (χ3n) is 2.26. The molecule has 0 radical (unpaired) electrons. The van der Waals surface area contributed by atoms with Gasteiger partial charge in [-0.05, 0) is 18.2 Å². The predicted octanol–water partition coefficient (Wildman–Crippen LogP) is 1.61. The minimum Gasteiger partial charge on any atom is -0.351 e. The third kappa shape index (κ3) is 1.92. The summed E-state index contributed by atoms with van der Waals surface area (Å²) in [6, 6.07) is 3.16. The summed E-state index contributed by atoms with van der Waals surface area (Å²) in [5.41, 5.74) is 5.85. The van der Waals surface area contributed by atoms with E-state index in [1.54, 1.807) is 0 Å². The number of primary amides is 1. The molecular weight excluding hydrogens is 225 g/mol. The average molecular weight is 233 g/mol. The number of amides is 1. The van der Waals surface area contributed by atoms with Crippen LogP contribution in [0.25, 0.3) is 10.9 Å². The Morgan fingerprint density at radius 1 is 1.47 bits per heavy atom. The number of nitrogens with zero attached hydrogens (tertiary/aromatic N) is 2. The summed E-state index contributed by atoms with van der Waals surface area (Å²) in [6.07, 6.45) is 2.91. The molecule has 2 aromatic rings. The van der Waals surface area contributed by atoms with Crippen LogP contribution in [0.3, 0.4) is 0 Å². The summed E-state index contributed by atoms with van der Waals surface area (Å²) in [4.78, 5) is 25.2. The van der Waals surface area contributed by atoms with Gasteiger partial charge in [-0.1, -0.05) is 0 Å².